The second-order valence-corrected chi connectivity index (χ2v) is 14.4. The van der Waals surface area contributed by atoms with E-state index in [0.29, 0.717) is 31.4 Å². The molecule has 3 unspecified atom stereocenters. The van der Waals surface area contributed by atoms with E-state index in [-0.39, 0.29) is 32.4 Å². The molecule has 0 bridgehead atoms. The van der Waals surface area contributed by atoms with Crippen LogP contribution in [0.4, 0.5) is 4.79 Å². The molecule has 0 aromatic carbocycles. The molecule has 0 aliphatic carbocycles. The number of amides is 4. The van der Waals surface area contributed by atoms with E-state index in [1.54, 1.807) is 41.5 Å². The van der Waals surface area contributed by atoms with E-state index < -0.39 is 95.9 Å². The van der Waals surface area contributed by atoms with Crippen molar-refractivity contribution in [3.05, 3.63) is 56.3 Å². The van der Waals surface area contributed by atoms with Crippen molar-refractivity contribution in [2.75, 3.05) is 20.3 Å². The number of aliphatic hydroxyl groups is 2. The van der Waals surface area contributed by atoms with Gasteiger partial charge in [0.05, 0.1) is 45.0 Å². The molecule has 1 heterocycles. The van der Waals surface area contributed by atoms with Crippen molar-refractivity contribution in [1.82, 2.24) is 23.5 Å². The Morgan fingerprint density at radius 1 is 0.815 bits per heavy atom. The number of allylic oxidation sites excluding steroid dienone is 1. The van der Waals surface area contributed by atoms with Gasteiger partial charge in [-0.2, -0.15) is 0 Å². The first-order valence-corrected chi connectivity index (χ1v) is 17.7. The van der Waals surface area contributed by atoms with E-state index in [0.717, 1.165) is 17.1 Å². The monoisotopic (exact) mass is 767 g/mol. The van der Waals surface area contributed by atoms with Crippen molar-refractivity contribution in [2.24, 2.45) is 0 Å². The molecular formula is C36H57N5O13. The van der Waals surface area contributed by atoms with Crippen molar-refractivity contribution in [1.29, 1.82) is 0 Å². The lowest BCUT2D eigenvalue weighted by Gasteiger charge is -2.37. The second-order valence-electron chi connectivity index (χ2n) is 14.4. The SMILES string of the molecule is C=CCn1c(=O)n(CC(O)CN(C(=O)CCC)C(=O)N(C(=O)CCC)C(C)(C)C)c(=O)n(CC(O)CC(C)(C)OC(=O)/C=C\C(=O)OC(C)COC)c1=O. The van der Waals surface area contributed by atoms with Crippen LogP contribution in [0, 0.1) is 0 Å². The van der Waals surface area contributed by atoms with Gasteiger partial charge < -0.3 is 24.4 Å². The number of esters is 2. The molecule has 0 radical (unpaired) electrons. The van der Waals surface area contributed by atoms with Gasteiger partial charge in [0, 0.05) is 44.1 Å². The van der Waals surface area contributed by atoms with E-state index in [4.69, 9.17) is 14.2 Å². The van der Waals surface area contributed by atoms with Crippen molar-refractivity contribution < 1.29 is 48.4 Å². The first-order chi connectivity index (χ1) is 25.0. The van der Waals surface area contributed by atoms with Gasteiger partial charge in [0.15, 0.2) is 0 Å². The summed E-state index contributed by atoms with van der Waals surface area (Å²) in [6, 6.07) is -0.974. The predicted molar refractivity (Wildman–Crippen MR) is 196 cm³/mol. The Labute approximate surface area is 314 Å². The number of urea groups is 1. The van der Waals surface area contributed by atoms with Gasteiger partial charge in [0.25, 0.3) is 0 Å². The largest absolute Gasteiger partial charge is 0.457 e. The summed E-state index contributed by atoms with van der Waals surface area (Å²) in [7, 11) is 1.43. The first-order valence-electron chi connectivity index (χ1n) is 17.7. The number of aliphatic hydroxyl groups excluding tert-OH is 2. The van der Waals surface area contributed by atoms with Crippen molar-refractivity contribution in [3.63, 3.8) is 0 Å². The number of carbonyl (C=O) groups is 5. The highest BCUT2D eigenvalue weighted by molar-refractivity contribution is 6.02. The summed E-state index contributed by atoms with van der Waals surface area (Å²) in [6.45, 7) is 13.9. The fourth-order valence-electron chi connectivity index (χ4n) is 5.44. The molecule has 0 spiro atoms. The number of carbonyl (C=O) groups excluding carboxylic acids is 5. The van der Waals surface area contributed by atoms with Gasteiger partial charge in [-0.3, -0.25) is 19.4 Å². The van der Waals surface area contributed by atoms with E-state index in [1.165, 1.54) is 27.0 Å². The number of hydrogen-bond acceptors (Lipinski definition) is 13. The van der Waals surface area contributed by atoms with Crippen molar-refractivity contribution in [3.8, 4) is 0 Å². The maximum Gasteiger partial charge on any atom is 0.336 e. The third-order valence-electron chi connectivity index (χ3n) is 7.63. The number of methoxy groups -OCH3 is 1. The van der Waals surface area contributed by atoms with Gasteiger partial charge in [0.2, 0.25) is 11.8 Å². The third kappa shape index (κ3) is 14.3. The smallest absolute Gasteiger partial charge is 0.336 e. The summed E-state index contributed by atoms with van der Waals surface area (Å²) in [5.74, 6) is -2.98. The van der Waals surface area contributed by atoms with Crippen LogP contribution in [0.3, 0.4) is 0 Å². The second kappa shape index (κ2) is 21.3. The van der Waals surface area contributed by atoms with Gasteiger partial charge in [-0.25, -0.2) is 42.5 Å². The number of aromatic nitrogens is 3. The maximum atomic E-state index is 13.7. The lowest BCUT2D eigenvalue weighted by atomic mass is 10.0. The van der Waals surface area contributed by atoms with Gasteiger partial charge >= 0.3 is 35.0 Å². The van der Waals surface area contributed by atoms with Crippen molar-refractivity contribution >= 4 is 29.8 Å². The number of hydrogen-bond donors (Lipinski definition) is 2. The molecule has 0 fully saturated rings. The fourth-order valence-corrected chi connectivity index (χ4v) is 5.44. The molecule has 0 saturated carbocycles. The minimum Gasteiger partial charge on any atom is -0.457 e. The third-order valence-corrected chi connectivity index (χ3v) is 7.63. The van der Waals surface area contributed by atoms with Crippen LogP contribution in [0.15, 0.2) is 39.2 Å². The molecule has 4 amide bonds. The van der Waals surface area contributed by atoms with E-state index >= 15 is 0 Å². The van der Waals surface area contributed by atoms with Gasteiger partial charge in [-0.15, -0.1) is 6.58 Å². The van der Waals surface area contributed by atoms with Crippen LogP contribution < -0.4 is 17.1 Å². The molecule has 0 aliphatic rings. The highest BCUT2D eigenvalue weighted by Crippen LogP contribution is 2.20. The van der Waals surface area contributed by atoms with Crippen LogP contribution in [0.5, 0.6) is 0 Å². The molecule has 0 saturated heterocycles. The summed E-state index contributed by atoms with van der Waals surface area (Å²) in [5, 5.41) is 22.1. The quantitative estimate of drug-likeness (QED) is 0.108. The Balaban J connectivity index is 3.41. The van der Waals surface area contributed by atoms with Crippen molar-refractivity contribution in [2.45, 2.75) is 137 Å². The molecule has 1 rings (SSSR count). The Kier molecular flexibility index (Phi) is 18.6. The first kappa shape index (κ1) is 47.3. The van der Waals surface area contributed by atoms with Crippen LogP contribution in [0.2, 0.25) is 0 Å². The Morgan fingerprint density at radius 2 is 1.31 bits per heavy atom. The number of nitrogens with zero attached hydrogens (tertiary/aromatic N) is 5. The van der Waals surface area contributed by atoms with Crippen LogP contribution in [-0.2, 0) is 53.0 Å². The molecule has 1 aromatic rings. The maximum absolute atomic E-state index is 13.7. The lowest BCUT2D eigenvalue weighted by molar-refractivity contribution is -0.153. The number of imide groups is 2. The summed E-state index contributed by atoms with van der Waals surface area (Å²) < 4.78 is 17.0. The molecule has 304 valence electrons. The molecule has 3 atom stereocenters. The molecule has 0 aliphatic heterocycles. The van der Waals surface area contributed by atoms with Gasteiger partial charge in [-0.05, 0) is 54.4 Å². The Hall–Kier alpha value is -4.68. The molecule has 18 nitrogen and oxygen atoms in total. The minimum absolute atomic E-state index is 0.0230. The zero-order valence-corrected chi connectivity index (χ0v) is 32.9. The lowest BCUT2D eigenvalue weighted by Crippen LogP contribution is -2.59. The predicted octanol–water partition coefficient (Wildman–Crippen LogP) is 1.10. The minimum atomic E-state index is -1.72. The highest BCUT2D eigenvalue weighted by atomic mass is 16.6. The van der Waals surface area contributed by atoms with Crippen LogP contribution in [0.1, 0.15) is 87.5 Å². The normalized spacial score (nSPS) is 13.5. The standard InChI is InChI=1S/C36H57N5O13/c1-11-14-27(44)38(34(51)41(35(5,6)7)28(45)15-12-2)21-26(43)22-40-32(49)37(18-13-3)31(48)39(33(40)50)20-25(42)19-36(8,9)54-30(47)17-16-29(46)53-24(4)23-52-10/h13,16-17,24-26,42-43H,3,11-12,14-15,18-23H2,1-2,4-10H3/b17-16-. The molecular weight excluding hydrogens is 710 g/mol. The summed E-state index contributed by atoms with van der Waals surface area (Å²) >= 11 is 0. The van der Waals surface area contributed by atoms with Crippen LogP contribution in [0.25, 0.3) is 0 Å². The zero-order chi connectivity index (χ0) is 41.6. The fraction of sp³-hybridized carbons (Fsp3) is 0.667. The molecule has 18 heteroatoms. The van der Waals surface area contributed by atoms with Gasteiger partial charge in [-0.1, -0.05) is 19.9 Å². The zero-order valence-electron chi connectivity index (χ0n) is 32.9. The van der Waals surface area contributed by atoms with E-state index in [2.05, 4.69) is 6.58 Å². The topological polar surface area (TPSA) is 226 Å². The summed E-state index contributed by atoms with van der Waals surface area (Å²) in [5.41, 5.74) is -5.86. The van der Waals surface area contributed by atoms with Crippen LogP contribution in [-0.4, -0.2) is 113 Å². The summed E-state index contributed by atoms with van der Waals surface area (Å²) in [4.78, 5) is 106. The summed E-state index contributed by atoms with van der Waals surface area (Å²) in [6.07, 6.45) is -0.481. The average Bonchev–Trinajstić information content (AvgIpc) is 3.04. The number of ether oxygens (including phenoxy) is 3. The molecule has 2 N–H and O–H groups in total. The van der Waals surface area contributed by atoms with E-state index in [9.17, 15) is 48.6 Å². The van der Waals surface area contributed by atoms with E-state index in [1.807, 2.05) is 0 Å². The average molecular weight is 768 g/mol. The van der Waals surface area contributed by atoms with Crippen LogP contribution >= 0.6 is 0 Å². The molecule has 1 aromatic heterocycles. The Bertz CT molecular complexity index is 1700. The Morgan fingerprint density at radius 3 is 1.81 bits per heavy atom. The number of rotatable bonds is 20. The van der Waals surface area contributed by atoms with Gasteiger partial charge in [0.1, 0.15) is 11.7 Å². The molecule has 54 heavy (non-hydrogen) atoms. The highest BCUT2D eigenvalue weighted by Gasteiger charge is 2.38.